The molecule has 0 bridgehead atoms. The predicted octanol–water partition coefficient (Wildman–Crippen LogP) is 3.45. The maximum Gasteiger partial charge on any atom is 0.259 e. The quantitative estimate of drug-likeness (QED) is 0.719. The topological polar surface area (TPSA) is 81.5 Å². The minimum absolute atomic E-state index is 0.0260. The third-order valence-corrected chi connectivity index (χ3v) is 7.16. The summed E-state index contributed by atoms with van der Waals surface area (Å²) in [5, 5.41) is 13.2. The van der Waals surface area contributed by atoms with Gasteiger partial charge in [0.05, 0.1) is 5.69 Å². The summed E-state index contributed by atoms with van der Waals surface area (Å²) in [5.41, 5.74) is 1.82. The van der Waals surface area contributed by atoms with Crippen molar-refractivity contribution in [3.05, 3.63) is 47.8 Å². The highest BCUT2D eigenvalue weighted by Gasteiger charge is 2.59. The average molecular weight is 448 g/mol. The van der Waals surface area contributed by atoms with E-state index in [1.165, 1.54) is 0 Å². The highest BCUT2D eigenvalue weighted by molar-refractivity contribution is 7.81. The van der Waals surface area contributed by atoms with Gasteiger partial charge in [-0.15, -0.1) is 0 Å². The number of hydrogen-bond donors (Lipinski definition) is 1. The molecule has 0 radical (unpaired) electrons. The smallest absolute Gasteiger partial charge is 0.259 e. The van der Waals surface area contributed by atoms with Crippen LogP contribution in [0.5, 0.6) is 5.75 Å². The van der Waals surface area contributed by atoms with E-state index in [1.807, 2.05) is 29.2 Å². The highest BCUT2D eigenvalue weighted by atomic mass is 32.1. The molecule has 0 atom stereocenters. The van der Waals surface area contributed by atoms with Crippen LogP contribution in [0.1, 0.15) is 43.4 Å². The lowest BCUT2D eigenvalue weighted by Crippen LogP contribution is -2.55. The standard InChI is InChI=1S/C24H25N5O2S/c1-16-20(15-25)27-14-9-21(16)28-22(30)24(10-2-11-24)29(23(28)32)17-3-5-18(6-4-17)31-19-7-12-26-13-8-19/h3-6,9,14,19,26H,2,7-8,10-13H2,1H3. The molecule has 3 aliphatic rings. The van der Waals surface area contributed by atoms with E-state index < -0.39 is 5.54 Å². The van der Waals surface area contributed by atoms with Gasteiger partial charge in [0.1, 0.15) is 29.2 Å². The summed E-state index contributed by atoms with van der Waals surface area (Å²) in [6, 6.07) is 11.8. The summed E-state index contributed by atoms with van der Waals surface area (Å²) < 4.78 is 6.14. The molecule has 1 spiro atoms. The van der Waals surface area contributed by atoms with E-state index in [4.69, 9.17) is 17.0 Å². The number of amides is 1. The number of rotatable bonds is 4. The van der Waals surface area contributed by atoms with Crippen LogP contribution in [0.3, 0.4) is 0 Å². The van der Waals surface area contributed by atoms with Crippen molar-refractivity contribution < 1.29 is 9.53 Å². The van der Waals surface area contributed by atoms with Crippen LogP contribution in [-0.4, -0.2) is 40.7 Å². The number of pyridine rings is 1. The summed E-state index contributed by atoms with van der Waals surface area (Å²) in [4.78, 5) is 21.3. The van der Waals surface area contributed by atoms with Crippen molar-refractivity contribution in [3.63, 3.8) is 0 Å². The SMILES string of the molecule is Cc1c(N2C(=O)C3(CCC3)N(c3ccc(OC4CCNCC4)cc3)C2=S)ccnc1C#N. The van der Waals surface area contributed by atoms with Crippen LogP contribution in [0.2, 0.25) is 0 Å². The van der Waals surface area contributed by atoms with E-state index in [9.17, 15) is 10.1 Å². The van der Waals surface area contributed by atoms with Crippen molar-refractivity contribution >= 4 is 34.6 Å². The van der Waals surface area contributed by atoms with Gasteiger partial charge in [-0.2, -0.15) is 5.26 Å². The Morgan fingerprint density at radius 3 is 2.56 bits per heavy atom. The fourth-order valence-electron chi connectivity index (χ4n) is 4.85. The summed E-state index contributed by atoms with van der Waals surface area (Å²) in [5.74, 6) is 0.808. The molecule has 8 heteroatoms. The molecule has 1 amide bonds. The lowest BCUT2D eigenvalue weighted by atomic mass is 9.75. The maximum absolute atomic E-state index is 13.6. The summed E-state index contributed by atoms with van der Waals surface area (Å²) in [6.07, 6.45) is 6.28. The first kappa shape index (κ1) is 20.9. The number of ether oxygens (including phenoxy) is 1. The van der Waals surface area contributed by atoms with Crippen LogP contribution < -0.4 is 19.9 Å². The summed E-state index contributed by atoms with van der Waals surface area (Å²) in [7, 11) is 0. The Labute approximate surface area is 193 Å². The fourth-order valence-corrected chi connectivity index (χ4v) is 5.31. The molecule has 1 N–H and O–H groups in total. The Balaban J connectivity index is 1.45. The average Bonchev–Trinajstić information content (AvgIpc) is 3.02. The Kier molecular flexibility index (Phi) is 5.31. The Morgan fingerprint density at radius 1 is 1.22 bits per heavy atom. The van der Waals surface area contributed by atoms with Gasteiger partial charge in [-0.25, -0.2) is 4.98 Å². The third kappa shape index (κ3) is 3.24. The predicted molar refractivity (Wildman–Crippen MR) is 126 cm³/mol. The molecule has 0 unspecified atom stereocenters. The number of aromatic nitrogens is 1. The minimum Gasteiger partial charge on any atom is -0.490 e. The first-order chi connectivity index (χ1) is 15.5. The number of anilines is 2. The molecule has 3 heterocycles. The molecule has 3 fully saturated rings. The molecule has 32 heavy (non-hydrogen) atoms. The van der Waals surface area contributed by atoms with E-state index in [-0.39, 0.29) is 12.0 Å². The number of nitrogens with zero attached hydrogens (tertiary/aromatic N) is 4. The Hall–Kier alpha value is -3.02. The van der Waals surface area contributed by atoms with Gasteiger partial charge in [0, 0.05) is 17.4 Å². The summed E-state index contributed by atoms with van der Waals surface area (Å²) in [6.45, 7) is 3.76. The van der Waals surface area contributed by atoms with Gasteiger partial charge >= 0.3 is 0 Å². The first-order valence-corrected chi connectivity index (χ1v) is 11.5. The number of hydrogen-bond acceptors (Lipinski definition) is 6. The monoisotopic (exact) mass is 447 g/mol. The van der Waals surface area contributed by atoms with E-state index in [1.54, 1.807) is 24.1 Å². The zero-order chi connectivity index (χ0) is 22.3. The Morgan fingerprint density at radius 2 is 1.94 bits per heavy atom. The minimum atomic E-state index is -0.656. The second-order valence-corrected chi connectivity index (χ2v) is 8.99. The normalized spacial score (nSPS) is 20.4. The van der Waals surface area contributed by atoms with Gasteiger partial charge in [-0.3, -0.25) is 9.69 Å². The molecule has 1 aromatic carbocycles. The number of benzene rings is 1. The lowest BCUT2D eigenvalue weighted by Gasteiger charge is -2.43. The van der Waals surface area contributed by atoms with Crippen LogP contribution in [-0.2, 0) is 4.79 Å². The number of carbonyl (C=O) groups excluding carboxylic acids is 1. The van der Waals surface area contributed by atoms with Crippen LogP contribution in [0.15, 0.2) is 36.5 Å². The van der Waals surface area contributed by atoms with Gasteiger partial charge in [0.25, 0.3) is 5.91 Å². The maximum atomic E-state index is 13.6. The number of thiocarbonyl (C=S) groups is 1. The third-order valence-electron chi connectivity index (χ3n) is 6.80. The largest absolute Gasteiger partial charge is 0.490 e. The van der Waals surface area contributed by atoms with Gasteiger partial charge in [0.2, 0.25) is 0 Å². The van der Waals surface area contributed by atoms with Crippen LogP contribution in [0.25, 0.3) is 0 Å². The van der Waals surface area contributed by atoms with Crippen LogP contribution >= 0.6 is 12.2 Å². The van der Waals surface area contributed by atoms with Crippen molar-refractivity contribution in [3.8, 4) is 11.8 Å². The van der Waals surface area contributed by atoms with Gasteiger partial charge in [0.15, 0.2) is 5.11 Å². The molecule has 1 saturated carbocycles. The van der Waals surface area contributed by atoms with E-state index >= 15 is 0 Å². The molecule has 1 aromatic heterocycles. The molecule has 2 aromatic rings. The molecular formula is C24H25N5O2S. The molecular weight excluding hydrogens is 422 g/mol. The molecule has 1 aliphatic carbocycles. The van der Waals surface area contributed by atoms with Crippen molar-refractivity contribution in [1.82, 2.24) is 10.3 Å². The molecule has 2 aliphatic heterocycles. The zero-order valence-corrected chi connectivity index (χ0v) is 18.8. The summed E-state index contributed by atoms with van der Waals surface area (Å²) >= 11 is 5.84. The van der Waals surface area contributed by atoms with E-state index in [2.05, 4.69) is 16.4 Å². The van der Waals surface area contributed by atoms with Gasteiger partial charge < -0.3 is 15.0 Å². The number of nitrogens with one attached hydrogen (secondary N) is 1. The molecule has 5 rings (SSSR count). The molecule has 2 saturated heterocycles. The Bertz CT molecular complexity index is 1100. The highest BCUT2D eigenvalue weighted by Crippen LogP contribution is 2.48. The van der Waals surface area contributed by atoms with Gasteiger partial charge in [-0.1, -0.05) is 0 Å². The zero-order valence-electron chi connectivity index (χ0n) is 18.0. The van der Waals surface area contributed by atoms with Crippen molar-refractivity contribution in [2.75, 3.05) is 22.9 Å². The number of nitriles is 1. The molecule has 164 valence electrons. The molecule has 7 nitrogen and oxygen atoms in total. The van der Waals surface area contributed by atoms with Crippen molar-refractivity contribution in [1.29, 1.82) is 5.26 Å². The number of piperidine rings is 1. The van der Waals surface area contributed by atoms with Crippen molar-refractivity contribution in [2.45, 2.75) is 50.7 Å². The van der Waals surface area contributed by atoms with Gasteiger partial charge in [-0.05, 0) is 94.7 Å². The first-order valence-electron chi connectivity index (χ1n) is 11.1. The van der Waals surface area contributed by atoms with Crippen LogP contribution in [0, 0.1) is 18.3 Å². The van der Waals surface area contributed by atoms with E-state index in [0.717, 1.165) is 56.6 Å². The second kappa shape index (κ2) is 8.15. The number of carbonyl (C=O) groups is 1. The van der Waals surface area contributed by atoms with E-state index in [0.29, 0.717) is 22.1 Å². The van der Waals surface area contributed by atoms with Crippen molar-refractivity contribution in [2.24, 2.45) is 0 Å². The second-order valence-electron chi connectivity index (χ2n) is 8.62. The van der Waals surface area contributed by atoms with Crippen LogP contribution in [0.4, 0.5) is 11.4 Å². The lowest BCUT2D eigenvalue weighted by molar-refractivity contribution is -0.123. The fraction of sp³-hybridized carbons (Fsp3) is 0.417.